The standard InChI is InChI=1S/C14H20N2O/c1-9(2)10-3-5-11(6-4-10)12-7-16-8-13(12)14(15)17/h3-6,9,12-13,16H,7-8H2,1-2H3,(H2,15,17). The van der Waals surface area contributed by atoms with Crippen molar-refractivity contribution in [2.75, 3.05) is 13.1 Å². The van der Waals surface area contributed by atoms with Crippen LogP contribution in [0, 0.1) is 5.92 Å². The van der Waals surface area contributed by atoms with Gasteiger partial charge >= 0.3 is 0 Å². The van der Waals surface area contributed by atoms with E-state index in [1.54, 1.807) is 0 Å². The fourth-order valence-electron chi connectivity index (χ4n) is 2.46. The van der Waals surface area contributed by atoms with Gasteiger partial charge in [0.25, 0.3) is 0 Å². The Labute approximate surface area is 102 Å². The monoisotopic (exact) mass is 232 g/mol. The minimum absolute atomic E-state index is 0.0695. The van der Waals surface area contributed by atoms with Crippen LogP contribution in [0.4, 0.5) is 0 Å². The first-order chi connectivity index (χ1) is 8.09. The van der Waals surface area contributed by atoms with E-state index < -0.39 is 0 Å². The van der Waals surface area contributed by atoms with Crippen LogP contribution in [0.2, 0.25) is 0 Å². The van der Waals surface area contributed by atoms with E-state index in [4.69, 9.17) is 5.73 Å². The molecule has 1 amide bonds. The van der Waals surface area contributed by atoms with E-state index in [0.717, 1.165) is 6.54 Å². The molecule has 1 aliphatic heterocycles. The van der Waals surface area contributed by atoms with Crippen LogP contribution in [-0.4, -0.2) is 19.0 Å². The fraction of sp³-hybridized carbons (Fsp3) is 0.500. The number of hydrogen-bond acceptors (Lipinski definition) is 2. The second-order valence-corrected chi connectivity index (χ2v) is 5.09. The molecule has 3 nitrogen and oxygen atoms in total. The molecule has 1 heterocycles. The Morgan fingerprint density at radius 1 is 1.29 bits per heavy atom. The lowest BCUT2D eigenvalue weighted by atomic mass is 9.87. The van der Waals surface area contributed by atoms with Gasteiger partial charge in [0.1, 0.15) is 0 Å². The van der Waals surface area contributed by atoms with Crippen LogP contribution in [0.3, 0.4) is 0 Å². The first-order valence-electron chi connectivity index (χ1n) is 6.19. The van der Waals surface area contributed by atoms with E-state index in [1.807, 2.05) is 0 Å². The van der Waals surface area contributed by atoms with Crippen LogP contribution >= 0.6 is 0 Å². The first kappa shape index (κ1) is 12.1. The number of amides is 1. The van der Waals surface area contributed by atoms with Crippen molar-refractivity contribution in [1.82, 2.24) is 5.32 Å². The normalized spacial score (nSPS) is 24.2. The van der Waals surface area contributed by atoms with Gasteiger partial charge in [0.2, 0.25) is 5.91 Å². The van der Waals surface area contributed by atoms with Crippen LogP contribution in [0.5, 0.6) is 0 Å². The summed E-state index contributed by atoms with van der Waals surface area (Å²) in [7, 11) is 0. The highest BCUT2D eigenvalue weighted by molar-refractivity contribution is 5.78. The molecule has 2 atom stereocenters. The maximum atomic E-state index is 11.3. The molecule has 0 aliphatic carbocycles. The Morgan fingerprint density at radius 3 is 2.47 bits per heavy atom. The van der Waals surface area contributed by atoms with Crippen molar-refractivity contribution in [2.45, 2.75) is 25.7 Å². The van der Waals surface area contributed by atoms with Gasteiger partial charge in [0.05, 0.1) is 5.92 Å². The van der Waals surface area contributed by atoms with Gasteiger partial charge in [-0.1, -0.05) is 38.1 Å². The molecule has 2 unspecified atom stereocenters. The lowest BCUT2D eigenvalue weighted by molar-refractivity contribution is -0.121. The summed E-state index contributed by atoms with van der Waals surface area (Å²) in [6.45, 7) is 5.90. The number of nitrogens with two attached hydrogens (primary N) is 1. The van der Waals surface area contributed by atoms with Gasteiger partial charge in [0.15, 0.2) is 0 Å². The third kappa shape index (κ3) is 2.50. The van der Waals surface area contributed by atoms with Crippen LogP contribution in [0.25, 0.3) is 0 Å². The minimum atomic E-state index is -0.201. The molecule has 0 radical (unpaired) electrons. The van der Waals surface area contributed by atoms with Crippen LogP contribution in [0.15, 0.2) is 24.3 Å². The molecule has 0 spiro atoms. The molecule has 92 valence electrons. The van der Waals surface area contributed by atoms with Crippen LogP contribution in [-0.2, 0) is 4.79 Å². The van der Waals surface area contributed by atoms with E-state index in [0.29, 0.717) is 12.5 Å². The van der Waals surface area contributed by atoms with Crippen LogP contribution in [0.1, 0.15) is 36.8 Å². The molecular weight excluding hydrogens is 212 g/mol. The molecule has 0 bridgehead atoms. The highest BCUT2D eigenvalue weighted by atomic mass is 16.1. The third-order valence-electron chi connectivity index (χ3n) is 3.61. The zero-order valence-electron chi connectivity index (χ0n) is 10.4. The number of hydrogen-bond donors (Lipinski definition) is 2. The van der Waals surface area contributed by atoms with E-state index in [9.17, 15) is 4.79 Å². The summed E-state index contributed by atoms with van der Waals surface area (Å²) < 4.78 is 0. The second-order valence-electron chi connectivity index (χ2n) is 5.09. The predicted octanol–water partition coefficient (Wildman–Crippen LogP) is 1.60. The SMILES string of the molecule is CC(C)c1ccc(C2CNCC2C(N)=O)cc1. The zero-order chi connectivity index (χ0) is 12.4. The smallest absolute Gasteiger partial charge is 0.222 e. The Morgan fingerprint density at radius 2 is 1.94 bits per heavy atom. The zero-order valence-corrected chi connectivity index (χ0v) is 10.4. The molecule has 1 aliphatic rings. The van der Waals surface area contributed by atoms with Gasteiger partial charge in [0, 0.05) is 19.0 Å². The van der Waals surface area contributed by atoms with Crippen molar-refractivity contribution in [1.29, 1.82) is 0 Å². The number of nitrogens with one attached hydrogen (secondary N) is 1. The van der Waals surface area contributed by atoms with Gasteiger partial charge in [-0.25, -0.2) is 0 Å². The summed E-state index contributed by atoms with van der Waals surface area (Å²) in [5.41, 5.74) is 7.96. The van der Waals surface area contributed by atoms with Gasteiger partial charge in [-0.05, 0) is 17.0 Å². The second kappa shape index (κ2) is 4.88. The Kier molecular flexibility index (Phi) is 3.48. The number of rotatable bonds is 3. The molecule has 1 aromatic rings. The van der Waals surface area contributed by atoms with Gasteiger partial charge in [-0.3, -0.25) is 4.79 Å². The summed E-state index contributed by atoms with van der Waals surface area (Å²) >= 11 is 0. The molecule has 0 saturated carbocycles. The lowest BCUT2D eigenvalue weighted by Gasteiger charge is -2.16. The number of carbonyl (C=O) groups is 1. The Hall–Kier alpha value is -1.35. The van der Waals surface area contributed by atoms with Gasteiger partial charge < -0.3 is 11.1 Å². The van der Waals surface area contributed by atoms with Crippen molar-refractivity contribution in [3.63, 3.8) is 0 Å². The van der Waals surface area contributed by atoms with Crippen LogP contribution < -0.4 is 11.1 Å². The molecular formula is C14H20N2O. The summed E-state index contributed by atoms with van der Waals surface area (Å²) in [6.07, 6.45) is 0. The van der Waals surface area contributed by atoms with Crippen molar-refractivity contribution < 1.29 is 4.79 Å². The van der Waals surface area contributed by atoms with Crippen molar-refractivity contribution >= 4 is 5.91 Å². The van der Waals surface area contributed by atoms with E-state index in [1.165, 1.54) is 11.1 Å². The van der Waals surface area contributed by atoms with E-state index >= 15 is 0 Å². The van der Waals surface area contributed by atoms with E-state index in [2.05, 4.69) is 43.4 Å². The quantitative estimate of drug-likeness (QED) is 0.831. The average Bonchev–Trinajstić information content (AvgIpc) is 2.78. The molecule has 1 aromatic carbocycles. The van der Waals surface area contributed by atoms with Crippen molar-refractivity contribution in [3.8, 4) is 0 Å². The largest absolute Gasteiger partial charge is 0.369 e. The Bertz CT molecular complexity index is 397. The molecule has 2 rings (SSSR count). The minimum Gasteiger partial charge on any atom is -0.369 e. The first-order valence-corrected chi connectivity index (χ1v) is 6.19. The van der Waals surface area contributed by atoms with E-state index in [-0.39, 0.29) is 17.7 Å². The van der Waals surface area contributed by atoms with Gasteiger partial charge in [-0.15, -0.1) is 0 Å². The number of carbonyl (C=O) groups excluding carboxylic acids is 1. The number of primary amides is 1. The molecule has 3 N–H and O–H groups in total. The third-order valence-corrected chi connectivity index (χ3v) is 3.61. The fourth-order valence-corrected chi connectivity index (χ4v) is 2.46. The molecule has 1 saturated heterocycles. The maximum Gasteiger partial charge on any atom is 0.222 e. The summed E-state index contributed by atoms with van der Waals surface area (Å²) in [6, 6.07) is 8.55. The summed E-state index contributed by atoms with van der Waals surface area (Å²) in [5, 5.41) is 3.24. The lowest BCUT2D eigenvalue weighted by Crippen LogP contribution is -2.28. The topological polar surface area (TPSA) is 55.1 Å². The average molecular weight is 232 g/mol. The number of benzene rings is 1. The molecule has 17 heavy (non-hydrogen) atoms. The summed E-state index contributed by atoms with van der Waals surface area (Å²) in [5.74, 6) is 0.499. The highest BCUT2D eigenvalue weighted by Gasteiger charge is 2.32. The molecule has 1 fully saturated rings. The van der Waals surface area contributed by atoms with Gasteiger partial charge in [-0.2, -0.15) is 0 Å². The highest BCUT2D eigenvalue weighted by Crippen LogP contribution is 2.28. The Balaban J connectivity index is 2.19. The van der Waals surface area contributed by atoms with Crippen molar-refractivity contribution in [2.24, 2.45) is 11.7 Å². The summed E-state index contributed by atoms with van der Waals surface area (Å²) in [4.78, 5) is 11.3. The molecule has 0 aromatic heterocycles. The van der Waals surface area contributed by atoms with Crippen molar-refractivity contribution in [3.05, 3.63) is 35.4 Å². The predicted molar refractivity (Wildman–Crippen MR) is 68.8 cm³/mol. The molecule has 3 heteroatoms. The maximum absolute atomic E-state index is 11.3.